The van der Waals surface area contributed by atoms with E-state index in [4.69, 9.17) is 10.7 Å². The van der Waals surface area contributed by atoms with Crippen molar-refractivity contribution in [3.05, 3.63) is 35.4 Å². The minimum atomic E-state index is -0.697. The molecule has 0 aliphatic carbocycles. The highest BCUT2D eigenvalue weighted by molar-refractivity contribution is 5.85. The van der Waals surface area contributed by atoms with Crippen molar-refractivity contribution >= 4 is 16.7 Å². The number of aromatic nitrogens is 1. The lowest BCUT2D eigenvalue weighted by atomic mass is 10.0. The zero-order valence-corrected chi connectivity index (χ0v) is 18.6. The molecule has 3 unspecified atom stereocenters. The Hall–Kier alpha value is -1.73. The standard InChI is InChI=1S/C23H39N5O/c1-6-17(7-2)27-18(8-3)13-14-25-23-21(22(24)26-16(5)29)15(4)19-11-9-10-12-20(19)28-23/h9-12,16-18,22,26-27,29H,6-8,13-14,24H2,1-5H3,(H,25,28). The summed E-state index contributed by atoms with van der Waals surface area (Å²) in [5.74, 6) is 0.791. The molecule has 6 N–H and O–H groups in total. The monoisotopic (exact) mass is 401 g/mol. The number of nitrogens with one attached hydrogen (secondary N) is 3. The highest BCUT2D eigenvalue weighted by Crippen LogP contribution is 2.29. The first-order valence-electron chi connectivity index (χ1n) is 11.0. The highest BCUT2D eigenvalue weighted by Gasteiger charge is 2.19. The SMILES string of the molecule is CCC(CC)NC(CC)CCNc1nc2ccccc2c(C)c1C(N)NC(C)O. The third-order valence-corrected chi connectivity index (χ3v) is 5.67. The first kappa shape index (κ1) is 23.5. The van der Waals surface area contributed by atoms with E-state index in [-0.39, 0.29) is 0 Å². The lowest BCUT2D eigenvalue weighted by Gasteiger charge is -2.25. The molecule has 0 saturated heterocycles. The summed E-state index contributed by atoms with van der Waals surface area (Å²) >= 11 is 0. The summed E-state index contributed by atoms with van der Waals surface area (Å²) in [4.78, 5) is 4.85. The predicted molar refractivity (Wildman–Crippen MR) is 123 cm³/mol. The number of benzene rings is 1. The number of rotatable bonds is 12. The van der Waals surface area contributed by atoms with Gasteiger partial charge in [0.15, 0.2) is 0 Å². The first-order valence-corrected chi connectivity index (χ1v) is 11.0. The lowest BCUT2D eigenvalue weighted by Crippen LogP contribution is -2.38. The summed E-state index contributed by atoms with van der Waals surface area (Å²) in [6.45, 7) is 11.2. The molecule has 6 nitrogen and oxygen atoms in total. The molecule has 0 amide bonds. The van der Waals surface area contributed by atoms with Gasteiger partial charge in [-0.3, -0.25) is 5.32 Å². The predicted octanol–water partition coefficient (Wildman–Crippen LogP) is 3.79. The molecule has 0 radical (unpaired) electrons. The maximum atomic E-state index is 9.75. The van der Waals surface area contributed by atoms with Gasteiger partial charge in [-0.05, 0) is 51.2 Å². The Balaban J connectivity index is 2.21. The van der Waals surface area contributed by atoms with Crippen molar-refractivity contribution < 1.29 is 5.11 Å². The van der Waals surface area contributed by atoms with Crippen molar-refractivity contribution in [3.63, 3.8) is 0 Å². The topological polar surface area (TPSA) is 95.2 Å². The number of aliphatic hydroxyl groups excluding tert-OH is 1. The number of aryl methyl sites for hydroxylation is 1. The van der Waals surface area contributed by atoms with Crippen molar-refractivity contribution in [2.24, 2.45) is 5.73 Å². The van der Waals surface area contributed by atoms with Gasteiger partial charge in [-0.1, -0.05) is 39.0 Å². The van der Waals surface area contributed by atoms with Crippen LogP contribution in [-0.4, -0.2) is 34.9 Å². The van der Waals surface area contributed by atoms with E-state index >= 15 is 0 Å². The average Bonchev–Trinajstić information content (AvgIpc) is 2.70. The van der Waals surface area contributed by atoms with Crippen molar-refractivity contribution in [1.29, 1.82) is 0 Å². The van der Waals surface area contributed by atoms with Crippen LogP contribution in [0.15, 0.2) is 24.3 Å². The second-order valence-corrected chi connectivity index (χ2v) is 7.84. The molecule has 0 bridgehead atoms. The third-order valence-electron chi connectivity index (χ3n) is 5.67. The Kier molecular flexibility index (Phi) is 9.30. The minimum Gasteiger partial charge on any atom is -0.379 e. The molecule has 1 aromatic carbocycles. The van der Waals surface area contributed by atoms with Crippen LogP contribution in [0.3, 0.4) is 0 Å². The van der Waals surface area contributed by atoms with Crippen LogP contribution in [0.2, 0.25) is 0 Å². The molecule has 1 heterocycles. The number of anilines is 1. The summed E-state index contributed by atoms with van der Waals surface area (Å²) in [6.07, 6.45) is 3.21. The number of fused-ring (bicyclic) bond motifs is 1. The molecule has 29 heavy (non-hydrogen) atoms. The molecule has 0 aliphatic heterocycles. The summed E-state index contributed by atoms with van der Waals surface area (Å²) in [5, 5.41) is 21.1. The quantitative estimate of drug-likeness (QED) is 0.347. The van der Waals surface area contributed by atoms with Crippen LogP contribution in [0.25, 0.3) is 10.9 Å². The van der Waals surface area contributed by atoms with E-state index in [0.29, 0.717) is 12.1 Å². The summed E-state index contributed by atoms with van der Waals surface area (Å²) < 4.78 is 0. The molecule has 0 aliphatic rings. The number of hydrogen-bond acceptors (Lipinski definition) is 6. The van der Waals surface area contributed by atoms with Gasteiger partial charge in [0.1, 0.15) is 12.0 Å². The van der Waals surface area contributed by atoms with E-state index in [9.17, 15) is 5.11 Å². The Morgan fingerprint density at radius 3 is 2.31 bits per heavy atom. The highest BCUT2D eigenvalue weighted by atomic mass is 16.3. The average molecular weight is 402 g/mol. The zero-order chi connectivity index (χ0) is 21.4. The van der Waals surface area contributed by atoms with Gasteiger partial charge in [-0.15, -0.1) is 0 Å². The molecule has 2 aromatic rings. The van der Waals surface area contributed by atoms with E-state index in [0.717, 1.165) is 60.1 Å². The maximum absolute atomic E-state index is 9.75. The zero-order valence-electron chi connectivity index (χ0n) is 18.6. The lowest BCUT2D eigenvalue weighted by molar-refractivity contribution is 0.141. The molecule has 0 fully saturated rings. The largest absolute Gasteiger partial charge is 0.379 e. The van der Waals surface area contributed by atoms with Gasteiger partial charge >= 0.3 is 0 Å². The van der Waals surface area contributed by atoms with Gasteiger partial charge in [0.25, 0.3) is 0 Å². The molecule has 162 valence electrons. The Labute approximate surface area is 175 Å². The number of para-hydroxylation sites is 1. The van der Waals surface area contributed by atoms with Crippen LogP contribution in [0.5, 0.6) is 0 Å². The van der Waals surface area contributed by atoms with Crippen LogP contribution in [-0.2, 0) is 0 Å². The Morgan fingerprint density at radius 1 is 1.03 bits per heavy atom. The summed E-state index contributed by atoms with van der Waals surface area (Å²) in [6, 6.07) is 9.14. The molecule has 2 rings (SSSR count). The molecule has 0 saturated carbocycles. The van der Waals surface area contributed by atoms with Crippen LogP contribution >= 0.6 is 0 Å². The van der Waals surface area contributed by atoms with E-state index in [2.05, 4.69) is 49.7 Å². The van der Waals surface area contributed by atoms with Crippen LogP contribution in [0, 0.1) is 6.92 Å². The fourth-order valence-electron chi connectivity index (χ4n) is 3.88. The molecular formula is C23H39N5O. The first-order chi connectivity index (χ1) is 13.9. The number of pyridine rings is 1. The van der Waals surface area contributed by atoms with Gasteiger partial charge < -0.3 is 21.5 Å². The summed E-state index contributed by atoms with van der Waals surface area (Å²) in [5.41, 5.74) is 9.32. The van der Waals surface area contributed by atoms with Gasteiger partial charge in [0, 0.05) is 29.6 Å². The van der Waals surface area contributed by atoms with Gasteiger partial charge in [-0.2, -0.15) is 0 Å². The molecule has 1 aromatic heterocycles. The van der Waals surface area contributed by atoms with Crippen molar-refractivity contribution in [2.45, 2.75) is 84.8 Å². The van der Waals surface area contributed by atoms with E-state index < -0.39 is 12.4 Å². The number of hydrogen-bond donors (Lipinski definition) is 5. The van der Waals surface area contributed by atoms with Gasteiger partial charge in [0.2, 0.25) is 0 Å². The van der Waals surface area contributed by atoms with Gasteiger partial charge in [-0.25, -0.2) is 4.98 Å². The third kappa shape index (κ3) is 6.37. The fraction of sp³-hybridized carbons (Fsp3) is 0.609. The molecule has 6 heteroatoms. The second kappa shape index (κ2) is 11.5. The van der Waals surface area contributed by atoms with Crippen molar-refractivity contribution in [2.75, 3.05) is 11.9 Å². The van der Waals surface area contributed by atoms with E-state index in [1.165, 1.54) is 0 Å². The number of nitrogens with two attached hydrogens (primary N) is 1. The number of nitrogens with zero attached hydrogens (tertiary/aromatic N) is 1. The van der Waals surface area contributed by atoms with Crippen LogP contribution in [0.4, 0.5) is 5.82 Å². The molecule has 0 spiro atoms. The minimum absolute atomic E-state index is 0.474. The van der Waals surface area contributed by atoms with Gasteiger partial charge in [0.05, 0.1) is 11.7 Å². The molecule has 3 atom stereocenters. The Bertz CT molecular complexity index is 760. The van der Waals surface area contributed by atoms with Crippen LogP contribution < -0.4 is 21.7 Å². The molecular weight excluding hydrogens is 362 g/mol. The second-order valence-electron chi connectivity index (χ2n) is 7.84. The van der Waals surface area contributed by atoms with E-state index in [1.807, 2.05) is 18.2 Å². The van der Waals surface area contributed by atoms with E-state index in [1.54, 1.807) is 6.92 Å². The number of aliphatic hydroxyl groups is 1. The maximum Gasteiger partial charge on any atom is 0.133 e. The Morgan fingerprint density at radius 2 is 1.69 bits per heavy atom. The normalized spacial score (nSPS) is 14.9. The van der Waals surface area contributed by atoms with Crippen molar-refractivity contribution in [3.8, 4) is 0 Å². The summed E-state index contributed by atoms with van der Waals surface area (Å²) in [7, 11) is 0. The van der Waals surface area contributed by atoms with Crippen molar-refractivity contribution in [1.82, 2.24) is 15.6 Å². The smallest absolute Gasteiger partial charge is 0.133 e. The fourth-order valence-corrected chi connectivity index (χ4v) is 3.88. The van der Waals surface area contributed by atoms with Crippen LogP contribution in [0.1, 0.15) is 70.7 Å².